The zero-order valence-corrected chi connectivity index (χ0v) is 11.6. The van der Waals surface area contributed by atoms with Gasteiger partial charge in [-0.2, -0.15) is 0 Å². The van der Waals surface area contributed by atoms with Crippen molar-refractivity contribution in [3.8, 4) is 5.75 Å². The molecule has 1 aromatic heterocycles. The summed E-state index contributed by atoms with van der Waals surface area (Å²) < 4.78 is 5.66. The molecule has 0 saturated carbocycles. The van der Waals surface area contributed by atoms with E-state index < -0.39 is 4.92 Å². The quantitative estimate of drug-likeness (QED) is 0.479. The minimum Gasteiger partial charge on any atom is -0.487 e. The molecule has 6 heteroatoms. The number of non-ortho nitro benzene ring substituents is 1. The van der Waals surface area contributed by atoms with Crippen molar-refractivity contribution >= 4 is 17.3 Å². The summed E-state index contributed by atoms with van der Waals surface area (Å²) in [5.74, 6) is 0.689. The van der Waals surface area contributed by atoms with Gasteiger partial charge in [-0.3, -0.25) is 15.1 Å². The van der Waals surface area contributed by atoms with Crippen LogP contribution in [0.1, 0.15) is 16.8 Å². The molecule has 0 radical (unpaired) electrons. The summed E-state index contributed by atoms with van der Waals surface area (Å²) in [6, 6.07) is 8.19. The summed E-state index contributed by atoms with van der Waals surface area (Å²) in [7, 11) is 0. The number of nitrogens with zero attached hydrogens (tertiary/aromatic N) is 2. The number of benzene rings is 1. The highest BCUT2D eigenvalue weighted by molar-refractivity contribution is 6.17. The molecule has 0 saturated heterocycles. The average Bonchev–Trinajstić information content (AvgIpc) is 2.46. The van der Waals surface area contributed by atoms with Crippen LogP contribution in [0.4, 0.5) is 5.69 Å². The fraction of sp³-hybridized carbons (Fsp3) is 0.214. The average molecular weight is 293 g/mol. The molecule has 0 fully saturated rings. The predicted molar refractivity (Wildman–Crippen MR) is 76.0 cm³/mol. The van der Waals surface area contributed by atoms with Crippen LogP contribution in [0.2, 0.25) is 0 Å². The van der Waals surface area contributed by atoms with Crippen LogP contribution >= 0.6 is 11.6 Å². The normalized spacial score (nSPS) is 10.3. The van der Waals surface area contributed by atoms with Gasteiger partial charge >= 0.3 is 0 Å². The van der Waals surface area contributed by atoms with E-state index in [0.29, 0.717) is 17.9 Å². The first-order valence-electron chi connectivity index (χ1n) is 5.98. The van der Waals surface area contributed by atoms with E-state index >= 15 is 0 Å². The van der Waals surface area contributed by atoms with E-state index in [4.69, 9.17) is 16.3 Å². The molecule has 0 N–H and O–H groups in total. The number of hydrogen-bond acceptors (Lipinski definition) is 4. The smallest absolute Gasteiger partial charge is 0.270 e. The van der Waals surface area contributed by atoms with Crippen molar-refractivity contribution in [2.24, 2.45) is 0 Å². The Morgan fingerprint density at radius 1 is 1.40 bits per heavy atom. The van der Waals surface area contributed by atoms with Crippen LogP contribution in [0.25, 0.3) is 0 Å². The SMILES string of the molecule is Cc1cccnc1COc1ccc([N+](=O)[O-])cc1CCl. The lowest BCUT2D eigenvalue weighted by Gasteiger charge is -2.10. The van der Waals surface area contributed by atoms with Crippen molar-refractivity contribution in [3.63, 3.8) is 0 Å². The maximum absolute atomic E-state index is 10.7. The number of rotatable bonds is 5. The van der Waals surface area contributed by atoms with Crippen molar-refractivity contribution in [2.45, 2.75) is 19.4 Å². The van der Waals surface area contributed by atoms with Gasteiger partial charge in [-0.25, -0.2) is 0 Å². The number of halogens is 1. The number of aryl methyl sites for hydroxylation is 1. The second kappa shape index (κ2) is 6.34. The molecule has 2 rings (SSSR count). The van der Waals surface area contributed by atoms with Gasteiger partial charge < -0.3 is 4.74 Å². The number of nitro benzene ring substituents is 1. The van der Waals surface area contributed by atoms with Gasteiger partial charge in [0.15, 0.2) is 0 Å². The molecule has 1 aromatic carbocycles. The molecule has 1 heterocycles. The second-order valence-corrected chi connectivity index (χ2v) is 4.51. The third kappa shape index (κ3) is 3.24. The van der Waals surface area contributed by atoms with E-state index in [1.807, 2.05) is 19.1 Å². The number of aromatic nitrogens is 1. The molecule has 0 bridgehead atoms. The van der Waals surface area contributed by atoms with E-state index in [-0.39, 0.29) is 11.6 Å². The van der Waals surface area contributed by atoms with E-state index in [9.17, 15) is 10.1 Å². The van der Waals surface area contributed by atoms with Crippen LogP contribution in [-0.2, 0) is 12.5 Å². The van der Waals surface area contributed by atoms with Crippen LogP contribution < -0.4 is 4.74 Å². The van der Waals surface area contributed by atoms with Gasteiger partial charge in [-0.15, -0.1) is 11.6 Å². The van der Waals surface area contributed by atoms with Gasteiger partial charge in [-0.1, -0.05) is 6.07 Å². The van der Waals surface area contributed by atoms with E-state index in [1.54, 1.807) is 12.3 Å². The summed E-state index contributed by atoms with van der Waals surface area (Å²) in [5, 5.41) is 10.7. The summed E-state index contributed by atoms with van der Waals surface area (Å²) in [4.78, 5) is 14.5. The van der Waals surface area contributed by atoms with Crippen LogP contribution in [-0.4, -0.2) is 9.91 Å². The molecule has 104 valence electrons. The highest BCUT2D eigenvalue weighted by Gasteiger charge is 2.11. The van der Waals surface area contributed by atoms with Crippen LogP contribution in [0, 0.1) is 17.0 Å². The van der Waals surface area contributed by atoms with Gasteiger partial charge in [0.1, 0.15) is 12.4 Å². The number of nitro groups is 1. The number of ether oxygens (including phenoxy) is 1. The lowest BCUT2D eigenvalue weighted by molar-refractivity contribution is -0.384. The molecule has 0 aliphatic carbocycles. The molecular weight excluding hydrogens is 280 g/mol. The number of alkyl halides is 1. The zero-order chi connectivity index (χ0) is 14.5. The lowest BCUT2D eigenvalue weighted by atomic mass is 10.2. The summed E-state index contributed by atoms with van der Waals surface area (Å²) in [6.45, 7) is 2.25. The first-order valence-corrected chi connectivity index (χ1v) is 6.52. The third-order valence-electron chi connectivity index (χ3n) is 2.88. The molecule has 20 heavy (non-hydrogen) atoms. The molecule has 0 aliphatic rings. The number of hydrogen-bond donors (Lipinski definition) is 0. The highest BCUT2D eigenvalue weighted by atomic mass is 35.5. The molecule has 2 aromatic rings. The molecule has 0 spiro atoms. The Morgan fingerprint density at radius 2 is 2.20 bits per heavy atom. The summed E-state index contributed by atoms with van der Waals surface area (Å²) in [6.07, 6.45) is 1.70. The van der Waals surface area contributed by atoms with Gasteiger partial charge in [0, 0.05) is 23.9 Å². The summed E-state index contributed by atoms with van der Waals surface area (Å²) >= 11 is 5.80. The fourth-order valence-corrected chi connectivity index (χ4v) is 1.95. The highest BCUT2D eigenvalue weighted by Crippen LogP contribution is 2.26. The zero-order valence-electron chi connectivity index (χ0n) is 10.9. The lowest BCUT2D eigenvalue weighted by Crippen LogP contribution is -2.02. The van der Waals surface area contributed by atoms with Crippen molar-refractivity contribution < 1.29 is 9.66 Å². The second-order valence-electron chi connectivity index (χ2n) is 4.24. The van der Waals surface area contributed by atoms with Crippen LogP contribution in [0.15, 0.2) is 36.5 Å². The van der Waals surface area contributed by atoms with Gasteiger partial charge in [-0.05, 0) is 24.6 Å². The minimum absolute atomic E-state index is 0.00187. The van der Waals surface area contributed by atoms with Gasteiger partial charge in [0.2, 0.25) is 0 Å². The maximum atomic E-state index is 10.7. The molecular formula is C14H13ClN2O3. The first-order chi connectivity index (χ1) is 9.61. The molecule has 0 atom stereocenters. The van der Waals surface area contributed by atoms with Gasteiger partial charge in [0.05, 0.1) is 16.5 Å². The van der Waals surface area contributed by atoms with Crippen molar-refractivity contribution in [3.05, 3.63) is 63.5 Å². The Labute approximate surface area is 121 Å². The Morgan fingerprint density at radius 3 is 2.85 bits per heavy atom. The van der Waals surface area contributed by atoms with Crippen molar-refractivity contribution in [1.29, 1.82) is 0 Å². The Bertz CT molecular complexity index is 632. The third-order valence-corrected chi connectivity index (χ3v) is 3.17. The maximum Gasteiger partial charge on any atom is 0.270 e. The van der Waals surface area contributed by atoms with E-state index in [2.05, 4.69) is 4.98 Å². The Kier molecular flexibility index (Phi) is 4.53. The Hall–Kier alpha value is -2.14. The van der Waals surface area contributed by atoms with Gasteiger partial charge in [0.25, 0.3) is 5.69 Å². The molecule has 0 amide bonds. The van der Waals surface area contributed by atoms with E-state index in [1.165, 1.54) is 12.1 Å². The standard InChI is InChI=1S/C14H13ClN2O3/c1-10-3-2-6-16-13(10)9-20-14-5-4-12(17(18)19)7-11(14)8-15/h2-7H,8-9H2,1H3. The molecule has 0 unspecified atom stereocenters. The molecule has 0 aliphatic heterocycles. The minimum atomic E-state index is -0.456. The largest absolute Gasteiger partial charge is 0.487 e. The fourth-order valence-electron chi connectivity index (χ4n) is 1.74. The monoisotopic (exact) mass is 292 g/mol. The topological polar surface area (TPSA) is 65.3 Å². The van der Waals surface area contributed by atoms with Crippen molar-refractivity contribution in [1.82, 2.24) is 4.98 Å². The predicted octanol–water partition coefficient (Wildman–Crippen LogP) is 3.62. The van der Waals surface area contributed by atoms with Crippen LogP contribution in [0.3, 0.4) is 0 Å². The van der Waals surface area contributed by atoms with Crippen molar-refractivity contribution in [2.75, 3.05) is 0 Å². The molecule has 5 nitrogen and oxygen atoms in total. The Balaban J connectivity index is 2.17. The first kappa shape index (κ1) is 14.3. The van der Waals surface area contributed by atoms with E-state index in [0.717, 1.165) is 11.3 Å². The number of pyridine rings is 1. The summed E-state index contributed by atoms with van der Waals surface area (Å²) in [5.41, 5.74) is 2.45. The van der Waals surface area contributed by atoms with Crippen LogP contribution in [0.5, 0.6) is 5.75 Å².